The third-order valence-corrected chi connectivity index (χ3v) is 3.12. The van der Waals surface area contributed by atoms with Crippen LogP contribution >= 0.6 is 0 Å². The zero-order valence-electron chi connectivity index (χ0n) is 7.05. The van der Waals surface area contributed by atoms with E-state index in [0.29, 0.717) is 11.8 Å². The Morgan fingerprint density at radius 3 is 3.18 bits per heavy atom. The molecule has 2 aliphatic rings. The minimum absolute atomic E-state index is 0.476. The Balaban J connectivity index is 1.96. The summed E-state index contributed by atoms with van der Waals surface area (Å²) in [6.07, 6.45) is 2.83. The third-order valence-electron chi connectivity index (χ3n) is 3.12. The molecule has 1 aliphatic carbocycles. The van der Waals surface area contributed by atoms with E-state index in [1.54, 1.807) is 0 Å². The van der Waals surface area contributed by atoms with Crippen molar-refractivity contribution in [2.45, 2.75) is 32.2 Å². The summed E-state index contributed by atoms with van der Waals surface area (Å²) < 4.78 is 0. The molecular weight excluding hydrogens is 138 g/mol. The van der Waals surface area contributed by atoms with Crippen LogP contribution in [0.25, 0.3) is 0 Å². The van der Waals surface area contributed by atoms with Gasteiger partial charge in [0.25, 0.3) is 0 Å². The van der Waals surface area contributed by atoms with E-state index in [1.807, 2.05) is 0 Å². The SMILES string of the molecule is CCN1CC2CCC(=O)CC21. The highest BCUT2D eigenvalue weighted by Crippen LogP contribution is 2.35. The number of ketones is 1. The smallest absolute Gasteiger partial charge is 0.134 e. The van der Waals surface area contributed by atoms with Crippen LogP contribution in [-0.4, -0.2) is 29.8 Å². The maximum Gasteiger partial charge on any atom is 0.134 e. The van der Waals surface area contributed by atoms with Crippen molar-refractivity contribution >= 4 is 5.78 Å². The van der Waals surface area contributed by atoms with Crippen molar-refractivity contribution in [2.75, 3.05) is 13.1 Å². The van der Waals surface area contributed by atoms with Crippen molar-refractivity contribution < 1.29 is 4.79 Å². The number of hydrogen-bond donors (Lipinski definition) is 0. The summed E-state index contributed by atoms with van der Waals surface area (Å²) in [5, 5.41) is 0. The van der Waals surface area contributed by atoms with Crippen molar-refractivity contribution in [1.29, 1.82) is 0 Å². The molecule has 0 aromatic heterocycles. The predicted octanol–water partition coefficient (Wildman–Crippen LogP) is 1.06. The molecule has 0 spiro atoms. The lowest BCUT2D eigenvalue weighted by molar-refractivity contribution is -0.128. The highest BCUT2D eigenvalue weighted by molar-refractivity contribution is 5.80. The monoisotopic (exact) mass is 153 g/mol. The van der Waals surface area contributed by atoms with Gasteiger partial charge in [0.05, 0.1) is 0 Å². The molecule has 0 aromatic rings. The van der Waals surface area contributed by atoms with Gasteiger partial charge in [0, 0.05) is 25.4 Å². The molecule has 2 unspecified atom stereocenters. The lowest BCUT2D eigenvalue weighted by Gasteiger charge is -2.50. The van der Waals surface area contributed by atoms with Crippen LogP contribution in [0.5, 0.6) is 0 Å². The van der Waals surface area contributed by atoms with Crippen LogP contribution in [0.15, 0.2) is 0 Å². The summed E-state index contributed by atoms with van der Waals surface area (Å²) in [6.45, 7) is 4.54. The van der Waals surface area contributed by atoms with Crippen LogP contribution in [0.4, 0.5) is 0 Å². The van der Waals surface area contributed by atoms with Gasteiger partial charge in [0.1, 0.15) is 5.78 Å². The second-order valence-electron chi connectivity index (χ2n) is 3.70. The van der Waals surface area contributed by atoms with E-state index in [-0.39, 0.29) is 0 Å². The Bertz CT molecular complexity index is 174. The van der Waals surface area contributed by atoms with E-state index in [2.05, 4.69) is 11.8 Å². The lowest BCUT2D eigenvalue weighted by atomic mass is 9.76. The zero-order chi connectivity index (χ0) is 7.84. The van der Waals surface area contributed by atoms with Gasteiger partial charge in [-0.15, -0.1) is 0 Å². The van der Waals surface area contributed by atoms with Crippen LogP contribution in [0.1, 0.15) is 26.2 Å². The van der Waals surface area contributed by atoms with Gasteiger partial charge in [-0.3, -0.25) is 9.69 Å². The van der Waals surface area contributed by atoms with Gasteiger partial charge in [-0.1, -0.05) is 6.92 Å². The second kappa shape index (κ2) is 2.59. The van der Waals surface area contributed by atoms with Crippen molar-refractivity contribution in [3.05, 3.63) is 0 Å². The number of nitrogens with zero attached hydrogens (tertiary/aromatic N) is 1. The molecule has 0 radical (unpaired) electrons. The average molecular weight is 153 g/mol. The van der Waals surface area contributed by atoms with E-state index in [0.717, 1.165) is 31.7 Å². The minimum Gasteiger partial charge on any atom is -0.300 e. The molecular formula is C9H15NO. The summed E-state index contributed by atoms with van der Waals surface area (Å²) in [5.41, 5.74) is 0. The summed E-state index contributed by atoms with van der Waals surface area (Å²) >= 11 is 0. The van der Waals surface area contributed by atoms with Gasteiger partial charge >= 0.3 is 0 Å². The molecule has 2 rings (SSSR count). The first kappa shape index (κ1) is 7.29. The molecule has 2 fully saturated rings. The topological polar surface area (TPSA) is 20.3 Å². The number of hydrogen-bond acceptors (Lipinski definition) is 2. The van der Waals surface area contributed by atoms with Crippen molar-refractivity contribution in [3.63, 3.8) is 0 Å². The Morgan fingerprint density at radius 1 is 1.64 bits per heavy atom. The van der Waals surface area contributed by atoms with E-state index in [1.165, 1.54) is 6.54 Å². The highest BCUT2D eigenvalue weighted by Gasteiger charge is 2.41. The minimum atomic E-state index is 0.476. The average Bonchev–Trinajstić information content (AvgIpc) is 1.97. The van der Waals surface area contributed by atoms with Gasteiger partial charge < -0.3 is 0 Å². The quantitative estimate of drug-likeness (QED) is 0.561. The fourth-order valence-electron chi connectivity index (χ4n) is 2.34. The van der Waals surface area contributed by atoms with Crippen LogP contribution in [-0.2, 0) is 4.79 Å². The van der Waals surface area contributed by atoms with E-state index in [4.69, 9.17) is 0 Å². The Labute approximate surface area is 67.6 Å². The predicted molar refractivity (Wildman–Crippen MR) is 43.4 cm³/mol. The number of Topliss-reactive ketones (excluding diaryl/α,β-unsaturated/α-hetero) is 1. The summed E-state index contributed by atoms with van der Waals surface area (Å²) in [6, 6.07) is 0.626. The van der Waals surface area contributed by atoms with E-state index >= 15 is 0 Å². The largest absolute Gasteiger partial charge is 0.300 e. The van der Waals surface area contributed by atoms with Crippen LogP contribution < -0.4 is 0 Å². The zero-order valence-corrected chi connectivity index (χ0v) is 7.05. The number of likely N-dealkylation sites (tertiary alicyclic amines) is 1. The highest BCUT2D eigenvalue weighted by atomic mass is 16.1. The van der Waals surface area contributed by atoms with Crippen LogP contribution in [0.3, 0.4) is 0 Å². The Hall–Kier alpha value is -0.370. The lowest BCUT2D eigenvalue weighted by Crippen LogP contribution is -2.58. The van der Waals surface area contributed by atoms with Crippen molar-refractivity contribution in [3.8, 4) is 0 Å². The van der Waals surface area contributed by atoms with Gasteiger partial charge in [0.2, 0.25) is 0 Å². The van der Waals surface area contributed by atoms with Gasteiger partial charge in [0.15, 0.2) is 0 Å². The fourth-order valence-corrected chi connectivity index (χ4v) is 2.34. The van der Waals surface area contributed by atoms with E-state index < -0.39 is 0 Å². The maximum absolute atomic E-state index is 11.1. The molecule has 0 aromatic carbocycles. The standard InChI is InChI=1S/C9H15NO/c1-2-10-6-7-3-4-8(11)5-9(7)10/h7,9H,2-6H2,1H3. The molecule has 1 heterocycles. The van der Waals surface area contributed by atoms with Crippen molar-refractivity contribution in [1.82, 2.24) is 4.90 Å². The van der Waals surface area contributed by atoms with Gasteiger partial charge in [-0.25, -0.2) is 0 Å². The first-order chi connectivity index (χ1) is 5.31. The number of rotatable bonds is 1. The van der Waals surface area contributed by atoms with Crippen molar-refractivity contribution in [2.24, 2.45) is 5.92 Å². The molecule has 0 bridgehead atoms. The van der Waals surface area contributed by atoms with Gasteiger partial charge in [-0.05, 0) is 18.9 Å². The first-order valence-electron chi connectivity index (χ1n) is 4.57. The molecule has 11 heavy (non-hydrogen) atoms. The number of fused-ring (bicyclic) bond motifs is 1. The molecule has 62 valence electrons. The molecule has 1 saturated heterocycles. The van der Waals surface area contributed by atoms with Crippen LogP contribution in [0.2, 0.25) is 0 Å². The number of carbonyl (C=O) groups excluding carboxylic acids is 1. The first-order valence-corrected chi connectivity index (χ1v) is 4.57. The molecule has 0 N–H and O–H groups in total. The van der Waals surface area contributed by atoms with Crippen LogP contribution in [0, 0.1) is 5.92 Å². The maximum atomic E-state index is 11.1. The van der Waals surface area contributed by atoms with Gasteiger partial charge in [-0.2, -0.15) is 0 Å². The molecule has 1 saturated carbocycles. The molecule has 2 atom stereocenters. The fraction of sp³-hybridized carbons (Fsp3) is 0.889. The van der Waals surface area contributed by atoms with E-state index in [9.17, 15) is 4.79 Å². The molecule has 2 heteroatoms. The third kappa shape index (κ3) is 1.09. The number of carbonyl (C=O) groups is 1. The second-order valence-corrected chi connectivity index (χ2v) is 3.70. The molecule has 0 amide bonds. The summed E-state index contributed by atoms with van der Waals surface area (Å²) in [7, 11) is 0. The molecule has 2 nitrogen and oxygen atoms in total. The molecule has 1 aliphatic heterocycles. The Kier molecular flexibility index (Phi) is 1.72. The summed E-state index contributed by atoms with van der Waals surface area (Å²) in [5.74, 6) is 1.33. The summed E-state index contributed by atoms with van der Waals surface area (Å²) in [4.78, 5) is 13.5. The normalized spacial score (nSPS) is 38.1. The Morgan fingerprint density at radius 2 is 2.45 bits per heavy atom.